The maximum Gasteiger partial charge on any atom is 0.255 e. The van der Waals surface area contributed by atoms with Crippen LogP contribution in [0.15, 0.2) is 85.6 Å². The third kappa shape index (κ3) is 4.79. The van der Waals surface area contributed by atoms with Crippen LogP contribution in [-0.2, 0) is 13.1 Å². The van der Waals surface area contributed by atoms with E-state index < -0.39 is 0 Å². The second-order valence-electron chi connectivity index (χ2n) is 6.85. The number of hydrogen-bond acceptors (Lipinski definition) is 3. The van der Waals surface area contributed by atoms with Crippen molar-refractivity contribution in [1.82, 2.24) is 24.6 Å². The van der Waals surface area contributed by atoms with Crippen molar-refractivity contribution in [2.24, 2.45) is 0 Å². The molecule has 0 radical (unpaired) electrons. The lowest BCUT2D eigenvalue weighted by atomic mass is 10.1. The Morgan fingerprint density at radius 3 is 2.48 bits per heavy atom. The number of aromatic nitrogens is 4. The van der Waals surface area contributed by atoms with Crippen molar-refractivity contribution in [2.45, 2.75) is 19.5 Å². The smallest absolute Gasteiger partial charge is 0.255 e. The first-order valence-corrected chi connectivity index (χ1v) is 9.70. The van der Waals surface area contributed by atoms with Crippen LogP contribution in [-0.4, -0.2) is 31.8 Å². The van der Waals surface area contributed by atoms with Gasteiger partial charge < -0.3 is 9.88 Å². The quantitative estimate of drug-likeness (QED) is 0.471. The van der Waals surface area contributed by atoms with E-state index in [1.54, 1.807) is 12.5 Å². The summed E-state index contributed by atoms with van der Waals surface area (Å²) in [5.74, 6) is -0.103. The van der Waals surface area contributed by atoms with Gasteiger partial charge in [-0.2, -0.15) is 5.10 Å². The molecule has 4 aromatic rings. The van der Waals surface area contributed by atoms with Gasteiger partial charge in [0.05, 0.1) is 18.4 Å². The highest BCUT2D eigenvalue weighted by Crippen LogP contribution is 2.22. The van der Waals surface area contributed by atoms with Crippen LogP contribution in [0.2, 0.25) is 0 Å². The van der Waals surface area contributed by atoms with Gasteiger partial charge in [-0.1, -0.05) is 60.7 Å². The summed E-state index contributed by atoms with van der Waals surface area (Å²) in [6.45, 7) is 2.03. The average molecular weight is 385 g/mol. The number of benzene rings is 2. The van der Waals surface area contributed by atoms with Gasteiger partial charge in [-0.3, -0.25) is 9.48 Å². The van der Waals surface area contributed by atoms with E-state index in [0.29, 0.717) is 24.3 Å². The van der Waals surface area contributed by atoms with Crippen molar-refractivity contribution in [2.75, 3.05) is 6.54 Å². The topological polar surface area (TPSA) is 64.7 Å². The van der Waals surface area contributed by atoms with E-state index in [1.807, 2.05) is 70.2 Å². The van der Waals surface area contributed by atoms with Crippen LogP contribution in [0.5, 0.6) is 0 Å². The Labute approximate surface area is 169 Å². The highest BCUT2D eigenvalue weighted by atomic mass is 16.1. The molecule has 29 heavy (non-hydrogen) atoms. The molecule has 0 fully saturated rings. The second kappa shape index (κ2) is 9.01. The van der Waals surface area contributed by atoms with Crippen molar-refractivity contribution >= 4 is 5.91 Å². The van der Waals surface area contributed by atoms with E-state index in [4.69, 9.17) is 5.10 Å². The summed E-state index contributed by atoms with van der Waals surface area (Å²) in [5, 5.41) is 7.73. The number of carbonyl (C=O) groups excluding carboxylic acids is 1. The summed E-state index contributed by atoms with van der Waals surface area (Å²) in [6.07, 6.45) is 8.12. The highest BCUT2D eigenvalue weighted by Gasteiger charge is 2.17. The fourth-order valence-electron chi connectivity index (χ4n) is 3.23. The average Bonchev–Trinajstić information content (AvgIpc) is 3.43. The first kappa shape index (κ1) is 18.7. The van der Waals surface area contributed by atoms with E-state index in [-0.39, 0.29) is 5.91 Å². The standard InChI is InChI=1S/C23H23N5O/c29-23(25-12-7-14-27-15-13-24-18-27)21-17-28(16-19-8-3-1-4-9-19)26-22(21)20-10-5-2-6-11-20/h1-6,8-11,13,15,17-18H,7,12,14,16H2,(H,25,29). The van der Waals surface area contributed by atoms with Crippen LogP contribution in [0, 0.1) is 0 Å². The normalized spacial score (nSPS) is 10.8. The molecule has 2 aromatic carbocycles. The fourth-order valence-corrected chi connectivity index (χ4v) is 3.23. The first-order valence-electron chi connectivity index (χ1n) is 9.70. The third-order valence-electron chi connectivity index (χ3n) is 4.68. The molecular formula is C23H23N5O. The molecule has 0 aliphatic carbocycles. The molecule has 0 atom stereocenters. The number of hydrogen-bond donors (Lipinski definition) is 1. The largest absolute Gasteiger partial charge is 0.352 e. The predicted octanol–water partition coefficient (Wildman–Crippen LogP) is 3.62. The Bertz CT molecular complexity index is 1040. The minimum Gasteiger partial charge on any atom is -0.352 e. The number of imidazole rings is 1. The van der Waals surface area contributed by atoms with Crippen molar-refractivity contribution in [1.29, 1.82) is 0 Å². The van der Waals surface area contributed by atoms with Gasteiger partial charge >= 0.3 is 0 Å². The molecule has 2 heterocycles. The van der Waals surface area contributed by atoms with Gasteiger partial charge in [-0.05, 0) is 12.0 Å². The zero-order valence-electron chi connectivity index (χ0n) is 16.1. The van der Waals surface area contributed by atoms with Crippen molar-refractivity contribution in [3.63, 3.8) is 0 Å². The number of carbonyl (C=O) groups is 1. The van der Waals surface area contributed by atoms with Gasteiger partial charge in [-0.25, -0.2) is 4.98 Å². The molecule has 0 saturated heterocycles. The number of nitrogens with one attached hydrogen (secondary N) is 1. The SMILES string of the molecule is O=C(NCCCn1ccnc1)c1cn(Cc2ccccc2)nc1-c1ccccc1. The van der Waals surface area contributed by atoms with E-state index in [2.05, 4.69) is 22.4 Å². The molecular weight excluding hydrogens is 362 g/mol. The van der Waals surface area contributed by atoms with Gasteiger partial charge in [0.2, 0.25) is 0 Å². The monoisotopic (exact) mass is 385 g/mol. The predicted molar refractivity (Wildman–Crippen MR) is 112 cm³/mol. The lowest BCUT2D eigenvalue weighted by molar-refractivity contribution is 0.0953. The van der Waals surface area contributed by atoms with Gasteiger partial charge in [-0.15, -0.1) is 0 Å². The number of amides is 1. The van der Waals surface area contributed by atoms with Crippen LogP contribution in [0.1, 0.15) is 22.3 Å². The Balaban J connectivity index is 1.49. The molecule has 1 amide bonds. The van der Waals surface area contributed by atoms with E-state index in [0.717, 1.165) is 24.1 Å². The summed E-state index contributed by atoms with van der Waals surface area (Å²) in [6, 6.07) is 19.9. The van der Waals surface area contributed by atoms with Crippen LogP contribution in [0.3, 0.4) is 0 Å². The molecule has 0 spiro atoms. The van der Waals surface area contributed by atoms with Crippen molar-refractivity contribution < 1.29 is 4.79 Å². The Kier molecular flexibility index (Phi) is 5.81. The molecule has 0 aliphatic heterocycles. The van der Waals surface area contributed by atoms with E-state index in [9.17, 15) is 4.79 Å². The molecule has 6 nitrogen and oxygen atoms in total. The Morgan fingerprint density at radius 2 is 1.76 bits per heavy atom. The minimum atomic E-state index is -0.103. The number of nitrogens with zero attached hydrogens (tertiary/aromatic N) is 4. The molecule has 146 valence electrons. The van der Waals surface area contributed by atoms with Crippen molar-refractivity contribution in [3.8, 4) is 11.3 Å². The van der Waals surface area contributed by atoms with Gasteiger partial charge in [0, 0.05) is 37.2 Å². The first-order chi connectivity index (χ1) is 14.3. The number of aryl methyl sites for hydroxylation is 1. The minimum absolute atomic E-state index is 0.103. The lowest BCUT2D eigenvalue weighted by Gasteiger charge is -2.06. The van der Waals surface area contributed by atoms with Crippen LogP contribution < -0.4 is 5.32 Å². The summed E-state index contributed by atoms with van der Waals surface area (Å²) in [7, 11) is 0. The Morgan fingerprint density at radius 1 is 1.00 bits per heavy atom. The van der Waals surface area contributed by atoms with Crippen LogP contribution in [0.4, 0.5) is 0 Å². The maximum atomic E-state index is 12.9. The molecule has 2 aromatic heterocycles. The highest BCUT2D eigenvalue weighted by molar-refractivity contribution is 5.99. The third-order valence-corrected chi connectivity index (χ3v) is 4.68. The van der Waals surface area contributed by atoms with Crippen molar-refractivity contribution in [3.05, 3.63) is 96.7 Å². The van der Waals surface area contributed by atoms with Gasteiger partial charge in [0.25, 0.3) is 5.91 Å². The van der Waals surface area contributed by atoms with Gasteiger partial charge in [0.15, 0.2) is 0 Å². The molecule has 0 bridgehead atoms. The summed E-state index contributed by atoms with van der Waals surface area (Å²) >= 11 is 0. The Hall–Kier alpha value is -3.67. The summed E-state index contributed by atoms with van der Waals surface area (Å²) < 4.78 is 3.83. The molecule has 0 aliphatic rings. The molecule has 6 heteroatoms. The molecule has 1 N–H and O–H groups in total. The van der Waals surface area contributed by atoms with E-state index in [1.165, 1.54) is 0 Å². The number of rotatable bonds is 8. The molecule has 4 rings (SSSR count). The summed E-state index contributed by atoms with van der Waals surface area (Å²) in [5.41, 5.74) is 3.37. The summed E-state index contributed by atoms with van der Waals surface area (Å²) in [4.78, 5) is 16.9. The van der Waals surface area contributed by atoms with Gasteiger partial charge in [0.1, 0.15) is 5.69 Å². The van der Waals surface area contributed by atoms with Crippen LogP contribution >= 0.6 is 0 Å². The lowest BCUT2D eigenvalue weighted by Crippen LogP contribution is -2.25. The van der Waals surface area contributed by atoms with E-state index >= 15 is 0 Å². The zero-order valence-corrected chi connectivity index (χ0v) is 16.1. The maximum absolute atomic E-state index is 12.9. The second-order valence-corrected chi connectivity index (χ2v) is 6.85. The molecule has 0 unspecified atom stereocenters. The van der Waals surface area contributed by atoms with Crippen LogP contribution in [0.25, 0.3) is 11.3 Å². The zero-order chi connectivity index (χ0) is 19.9. The fraction of sp³-hybridized carbons (Fsp3) is 0.174. The molecule has 0 saturated carbocycles.